The van der Waals surface area contributed by atoms with Crippen LogP contribution in [0.3, 0.4) is 0 Å². The molecule has 0 aliphatic rings. The number of aryl methyl sites for hydroxylation is 2. The number of halogens is 1. The lowest BCUT2D eigenvalue weighted by molar-refractivity contribution is 0.531. The van der Waals surface area contributed by atoms with E-state index in [2.05, 4.69) is 9.97 Å². The highest BCUT2D eigenvalue weighted by Crippen LogP contribution is 1.96. The number of rotatable bonds is 0. The van der Waals surface area contributed by atoms with Crippen molar-refractivity contribution in [2.24, 2.45) is 0 Å². The predicted molar refractivity (Wildman–Crippen MR) is 31.5 cm³/mol. The van der Waals surface area contributed by atoms with Crippen LogP contribution in [0.1, 0.15) is 11.4 Å². The van der Waals surface area contributed by atoms with Gasteiger partial charge in [-0.3, -0.25) is 0 Å². The van der Waals surface area contributed by atoms with Gasteiger partial charge in [-0.15, -0.1) is 0 Å². The Bertz CT molecular complexity index is 172. The normalized spacial score (nSPS) is 9.67. The summed E-state index contributed by atoms with van der Waals surface area (Å²) in [5.74, 6) is 0. The Balaban J connectivity index is 3.17. The molecule has 0 aliphatic carbocycles. The van der Waals surface area contributed by atoms with Crippen LogP contribution in [0.15, 0.2) is 6.07 Å². The third-order valence-electron chi connectivity index (χ3n) is 0.955. The quantitative estimate of drug-likeness (QED) is 0.488. The van der Waals surface area contributed by atoms with Crippen molar-refractivity contribution in [3.05, 3.63) is 23.5 Å². The smallest absolute Gasteiger partial charge is 0.208 e. The molecule has 1 rings (SSSR count). The first-order valence-corrected chi connectivity index (χ1v) is 2.66. The minimum absolute atomic E-state index is 0.646. The lowest BCUT2D eigenvalue weighted by atomic mass is 10.4. The van der Waals surface area contributed by atoms with E-state index >= 15 is 0 Å². The second-order valence-corrected chi connectivity index (χ2v) is 1.92. The molecular weight excluding hydrogens is 119 g/mol. The van der Waals surface area contributed by atoms with Crippen molar-refractivity contribution < 1.29 is 4.39 Å². The molecule has 0 saturated carbocycles. The summed E-state index contributed by atoms with van der Waals surface area (Å²) < 4.78 is 12.2. The highest BCUT2D eigenvalue weighted by molar-refractivity contribution is 5.04. The summed E-state index contributed by atoms with van der Waals surface area (Å²) in [5, 5.41) is 0. The molecule has 0 bridgehead atoms. The van der Waals surface area contributed by atoms with Crippen LogP contribution in [0.5, 0.6) is 0 Å². The van der Waals surface area contributed by atoms with E-state index in [-0.39, 0.29) is 0 Å². The zero-order chi connectivity index (χ0) is 6.85. The third-order valence-corrected chi connectivity index (χ3v) is 0.955. The second-order valence-electron chi connectivity index (χ2n) is 1.92. The number of hydrogen-bond acceptors (Lipinski definition) is 2. The van der Waals surface area contributed by atoms with Gasteiger partial charge in [-0.1, -0.05) is 0 Å². The minimum Gasteiger partial charge on any atom is -0.208 e. The fourth-order valence-electron chi connectivity index (χ4n) is 0.683. The summed E-state index contributed by atoms with van der Waals surface area (Å²) in [6, 6.07) is 1.73. The predicted octanol–water partition coefficient (Wildman–Crippen LogP) is 1.23. The first-order chi connectivity index (χ1) is 4.18. The molecule has 3 heteroatoms. The van der Waals surface area contributed by atoms with Gasteiger partial charge in [0.15, 0.2) is 0 Å². The molecule has 0 unspecified atom stereocenters. The zero-order valence-corrected chi connectivity index (χ0v) is 5.35. The van der Waals surface area contributed by atoms with Gasteiger partial charge in [0.05, 0.1) is 0 Å². The average Bonchev–Trinajstić information content (AvgIpc) is 1.59. The van der Waals surface area contributed by atoms with Gasteiger partial charge < -0.3 is 0 Å². The standard InChI is InChI=1S/C6H7FN2/c1-4-3-5(2)9-6(7)8-4/h3H,1-2H3. The molecule has 1 aromatic heterocycles. The van der Waals surface area contributed by atoms with Crippen LogP contribution in [0, 0.1) is 19.9 Å². The maximum atomic E-state index is 12.2. The van der Waals surface area contributed by atoms with Crippen molar-refractivity contribution >= 4 is 0 Å². The molecule has 0 N–H and O–H groups in total. The van der Waals surface area contributed by atoms with E-state index in [0.29, 0.717) is 11.4 Å². The van der Waals surface area contributed by atoms with Crippen LogP contribution >= 0.6 is 0 Å². The summed E-state index contributed by atoms with van der Waals surface area (Å²) in [6.07, 6.45) is -0.646. The fraction of sp³-hybridized carbons (Fsp3) is 0.333. The largest absolute Gasteiger partial charge is 0.309 e. The van der Waals surface area contributed by atoms with E-state index in [9.17, 15) is 4.39 Å². The molecule has 48 valence electrons. The lowest BCUT2D eigenvalue weighted by Gasteiger charge is -1.92. The first kappa shape index (κ1) is 6.13. The molecule has 0 aromatic carbocycles. The number of aromatic nitrogens is 2. The van der Waals surface area contributed by atoms with Crippen LogP contribution < -0.4 is 0 Å². The van der Waals surface area contributed by atoms with Gasteiger partial charge in [0, 0.05) is 11.4 Å². The molecule has 0 amide bonds. The van der Waals surface area contributed by atoms with Crippen molar-refractivity contribution in [3.8, 4) is 0 Å². The van der Waals surface area contributed by atoms with E-state index < -0.39 is 6.08 Å². The van der Waals surface area contributed by atoms with Gasteiger partial charge >= 0.3 is 6.08 Å². The van der Waals surface area contributed by atoms with Crippen molar-refractivity contribution in [2.45, 2.75) is 13.8 Å². The van der Waals surface area contributed by atoms with Crippen molar-refractivity contribution in [1.82, 2.24) is 9.97 Å². The van der Waals surface area contributed by atoms with Gasteiger partial charge in [-0.2, -0.15) is 4.39 Å². The molecule has 9 heavy (non-hydrogen) atoms. The third kappa shape index (κ3) is 1.45. The summed E-state index contributed by atoms with van der Waals surface area (Å²) in [7, 11) is 0. The monoisotopic (exact) mass is 126 g/mol. The van der Waals surface area contributed by atoms with Gasteiger partial charge in [-0.25, -0.2) is 9.97 Å². The molecular formula is C6H7FN2. The Labute approximate surface area is 52.8 Å². The van der Waals surface area contributed by atoms with Crippen LogP contribution in [0.2, 0.25) is 0 Å². The van der Waals surface area contributed by atoms with Crippen LogP contribution in [0.4, 0.5) is 4.39 Å². The van der Waals surface area contributed by atoms with Crippen LogP contribution in [-0.2, 0) is 0 Å². The molecule has 1 aromatic rings. The van der Waals surface area contributed by atoms with Crippen molar-refractivity contribution in [2.75, 3.05) is 0 Å². The highest BCUT2D eigenvalue weighted by atomic mass is 19.1. The Kier molecular flexibility index (Phi) is 1.42. The Morgan fingerprint density at radius 3 is 2.00 bits per heavy atom. The van der Waals surface area contributed by atoms with Gasteiger partial charge in [0.2, 0.25) is 0 Å². The van der Waals surface area contributed by atoms with E-state index in [4.69, 9.17) is 0 Å². The lowest BCUT2D eigenvalue weighted by Crippen LogP contribution is -1.93. The topological polar surface area (TPSA) is 25.8 Å². The molecule has 1 heterocycles. The molecule has 0 saturated heterocycles. The summed E-state index contributed by atoms with van der Waals surface area (Å²) >= 11 is 0. The van der Waals surface area contributed by atoms with E-state index in [1.165, 1.54) is 0 Å². The summed E-state index contributed by atoms with van der Waals surface area (Å²) in [5.41, 5.74) is 1.33. The molecule has 0 fully saturated rings. The Morgan fingerprint density at radius 1 is 1.22 bits per heavy atom. The van der Waals surface area contributed by atoms with Gasteiger partial charge in [-0.05, 0) is 19.9 Å². The van der Waals surface area contributed by atoms with E-state index in [1.807, 2.05) is 0 Å². The Hall–Kier alpha value is -0.990. The number of hydrogen-bond donors (Lipinski definition) is 0. The van der Waals surface area contributed by atoms with Crippen LogP contribution in [0.25, 0.3) is 0 Å². The van der Waals surface area contributed by atoms with E-state index in [0.717, 1.165) is 0 Å². The number of nitrogens with zero attached hydrogens (tertiary/aromatic N) is 2. The molecule has 0 atom stereocenters. The second kappa shape index (κ2) is 2.09. The molecule has 0 spiro atoms. The molecule has 0 radical (unpaired) electrons. The highest BCUT2D eigenvalue weighted by Gasteiger charge is 1.93. The first-order valence-electron chi connectivity index (χ1n) is 2.66. The molecule has 0 aliphatic heterocycles. The zero-order valence-electron chi connectivity index (χ0n) is 5.35. The summed E-state index contributed by atoms with van der Waals surface area (Å²) in [6.45, 7) is 3.47. The maximum absolute atomic E-state index is 12.2. The summed E-state index contributed by atoms with van der Waals surface area (Å²) in [4.78, 5) is 6.91. The Morgan fingerprint density at radius 2 is 1.67 bits per heavy atom. The van der Waals surface area contributed by atoms with E-state index in [1.54, 1.807) is 19.9 Å². The van der Waals surface area contributed by atoms with Gasteiger partial charge in [0.25, 0.3) is 0 Å². The minimum atomic E-state index is -0.646. The van der Waals surface area contributed by atoms with Crippen LogP contribution in [-0.4, -0.2) is 9.97 Å². The maximum Gasteiger partial charge on any atom is 0.309 e. The van der Waals surface area contributed by atoms with Crippen molar-refractivity contribution in [1.29, 1.82) is 0 Å². The SMILES string of the molecule is Cc1cc(C)nc(F)n1. The van der Waals surface area contributed by atoms with Crippen molar-refractivity contribution in [3.63, 3.8) is 0 Å². The fourth-order valence-corrected chi connectivity index (χ4v) is 0.683. The average molecular weight is 126 g/mol. The molecule has 2 nitrogen and oxygen atoms in total. The van der Waals surface area contributed by atoms with Gasteiger partial charge in [0.1, 0.15) is 0 Å².